The summed E-state index contributed by atoms with van der Waals surface area (Å²) in [4.78, 5) is 0.455. The summed E-state index contributed by atoms with van der Waals surface area (Å²) < 4.78 is 26.6. The molecule has 18 heavy (non-hydrogen) atoms. The van der Waals surface area contributed by atoms with Gasteiger partial charge in [-0.1, -0.05) is 52.7 Å². The van der Waals surface area contributed by atoms with Crippen LogP contribution in [0, 0.1) is 5.92 Å². The fourth-order valence-corrected chi connectivity index (χ4v) is 4.28. The molecule has 0 heterocycles. The molecule has 2 rings (SSSR count). The first-order valence-electron chi connectivity index (χ1n) is 6.22. The van der Waals surface area contributed by atoms with Gasteiger partial charge < -0.3 is 0 Å². The van der Waals surface area contributed by atoms with Gasteiger partial charge in [0.1, 0.15) is 0 Å². The number of alkyl halides is 1. The summed E-state index contributed by atoms with van der Waals surface area (Å²) in [7, 11) is -3.22. The minimum absolute atomic E-state index is 0.0630. The van der Waals surface area contributed by atoms with Gasteiger partial charge in [0.2, 0.25) is 10.0 Å². The van der Waals surface area contributed by atoms with E-state index in [9.17, 15) is 8.42 Å². The predicted molar refractivity (Wildman–Crippen MR) is 77.1 cm³/mol. The van der Waals surface area contributed by atoms with Gasteiger partial charge in [-0.3, -0.25) is 0 Å². The third-order valence-corrected chi connectivity index (χ3v) is 5.86. The van der Waals surface area contributed by atoms with Crippen LogP contribution in [0.25, 0.3) is 0 Å². The number of halogens is 1. The van der Waals surface area contributed by atoms with Crippen LogP contribution in [0.1, 0.15) is 24.8 Å². The van der Waals surface area contributed by atoms with Crippen LogP contribution in [0.15, 0.2) is 30.3 Å². The van der Waals surface area contributed by atoms with Crippen molar-refractivity contribution in [2.45, 2.75) is 29.8 Å². The molecule has 1 aliphatic carbocycles. The van der Waals surface area contributed by atoms with E-state index >= 15 is 0 Å². The van der Waals surface area contributed by atoms with Crippen LogP contribution in [0.2, 0.25) is 0 Å². The van der Waals surface area contributed by atoms with Crippen LogP contribution in [-0.2, 0) is 15.8 Å². The summed E-state index contributed by atoms with van der Waals surface area (Å²) in [5.41, 5.74) is 0.826. The van der Waals surface area contributed by atoms with Crippen LogP contribution in [0.5, 0.6) is 0 Å². The predicted octanol–water partition coefficient (Wildman–Crippen LogP) is 2.67. The molecule has 0 amide bonds. The highest BCUT2D eigenvalue weighted by molar-refractivity contribution is 9.09. The van der Waals surface area contributed by atoms with Gasteiger partial charge >= 0.3 is 0 Å². The molecule has 1 aromatic carbocycles. The topological polar surface area (TPSA) is 46.2 Å². The Morgan fingerprint density at radius 2 is 1.94 bits per heavy atom. The van der Waals surface area contributed by atoms with Gasteiger partial charge in [0.05, 0.1) is 5.75 Å². The Balaban J connectivity index is 1.88. The monoisotopic (exact) mass is 331 g/mol. The van der Waals surface area contributed by atoms with E-state index in [1.807, 2.05) is 30.3 Å². The fourth-order valence-electron chi connectivity index (χ4n) is 2.30. The Hall–Kier alpha value is -0.390. The third-order valence-electron chi connectivity index (χ3n) is 3.33. The lowest BCUT2D eigenvalue weighted by Gasteiger charge is -2.14. The highest BCUT2D eigenvalue weighted by Gasteiger charge is 2.26. The second-order valence-corrected chi connectivity index (χ2v) is 7.78. The molecule has 2 atom stereocenters. The molecule has 1 N–H and O–H groups in total. The largest absolute Gasteiger partial charge is 0.215 e. The van der Waals surface area contributed by atoms with Crippen molar-refractivity contribution in [2.24, 2.45) is 5.92 Å². The normalized spacial score (nSPS) is 24.3. The van der Waals surface area contributed by atoms with Gasteiger partial charge in [-0.2, -0.15) is 0 Å². The van der Waals surface area contributed by atoms with Crippen molar-refractivity contribution in [3.05, 3.63) is 35.9 Å². The molecule has 0 bridgehead atoms. The lowest BCUT2D eigenvalue weighted by molar-refractivity contribution is 0.529. The average molecular weight is 332 g/mol. The smallest absolute Gasteiger partial charge is 0.215 e. The van der Waals surface area contributed by atoms with E-state index in [4.69, 9.17) is 0 Å². The van der Waals surface area contributed by atoms with Crippen molar-refractivity contribution in [1.82, 2.24) is 4.72 Å². The van der Waals surface area contributed by atoms with E-state index in [2.05, 4.69) is 20.7 Å². The second kappa shape index (κ2) is 6.17. The van der Waals surface area contributed by atoms with Crippen molar-refractivity contribution in [3.8, 4) is 0 Å². The zero-order valence-electron chi connectivity index (χ0n) is 10.2. The molecule has 0 radical (unpaired) electrons. The summed E-state index contributed by atoms with van der Waals surface area (Å²) in [6, 6.07) is 9.27. The van der Waals surface area contributed by atoms with E-state index in [0.717, 1.165) is 18.4 Å². The van der Waals surface area contributed by atoms with E-state index in [0.29, 0.717) is 17.3 Å². The maximum Gasteiger partial charge on any atom is 0.215 e. The van der Waals surface area contributed by atoms with Gasteiger partial charge in [0.25, 0.3) is 0 Å². The van der Waals surface area contributed by atoms with Gasteiger partial charge in [-0.05, 0) is 24.3 Å². The van der Waals surface area contributed by atoms with Crippen molar-refractivity contribution >= 4 is 26.0 Å². The maximum absolute atomic E-state index is 11.9. The Kier molecular flexibility index (Phi) is 4.81. The molecule has 0 spiro atoms. The lowest BCUT2D eigenvalue weighted by Crippen LogP contribution is -2.31. The fraction of sp³-hybridized carbons (Fsp3) is 0.538. The summed E-state index contributed by atoms with van der Waals surface area (Å²) >= 11 is 3.60. The summed E-state index contributed by atoms with van der Waals surface area (Å²) in [5.74, 6) is 0.489. The van der Waals surface area contributed by atoms with Gasteiger partial charge in [0.15, 0.2) is 0 Å². The Labute approximate surface area is 117 Å². The molecule has 0 aromatic heterocycles. The van der Waals surface area contributed by atoms with E-state index in [-0.39, 0.29) is 5.75 Å². The number of sulfonamides is 1. The van der Waals surface area contributed by atoms with E-state index < -0.39 is 10.0 Å². The molecule has 0 saturated heterocycles. The lowest BCUT2D eigenvalue weighted by atomic mass is 10.1. The number of rotatable bonds is 5. The first-order valence-corrected chi connectivity index (χ1v) is 8.79. The first kappa shape index (κ1) is 14.0. The Morgan fingerprint density at radius 3 is 2.56 bits per heavy atom. The van der Waals surface area contributed by atoms with Crippen LogP contribution >= 0.6 is 15.9 Å². The minimum Gasteiger partial charge on any atom is -0.215 e. The molecule has 5 heteroatoms. The number of hydrogen-bond acceptors (Lipinski definition) is 2. The van der Waals surface area contributed by atoms with Gasteiger partial charge in [-0.15, -0.1) is 0 Å². The molecule has 3 nitrogen and oxygen atoms in total. The zero-order chi connectivity index (χ0) is 13.0. The molecule has 1 fully saturated rings. The summed E-state index contributed by atoms with van der Waals surface area (Å²) in [6.07, 6.45) is 3.43. The number of hydrogen-bond donors (Lipinski definition) is 1. The molecule has 100 valence electrons. The highest BCUT2D eigenvalue weighted by Crippen LogP contribution is 2.30. The van der Waals surface area contributed by atoms with Gasteiger partial charge in [0, 0.05) is 11.4 Å². The minimum atomic E-state index is -3.22. The highest BCUT2D eigenvalue weighted by atomic mass is 79.9. The number of benzene rings is 1. The SMILES string of the molecule is O=S(=O)(Cc1ccccc1)NCC1CCCC1Br. The Morgan fingerprint density at radius 1 is 1.22 bits per heavy atom. The molecular formula is C13H18BrNO2S. The van der Waals surface area contributed by atoms with Crippen molar-refractivity contribution in [1.29, 1.82) is 0 Å². The third kappa shape index (κ3) is 4.07. The zero-order valence-corrected chi connectivity index (χ0v) is 12.6. The van der Waals surface area contributed by atoms with Crippen LogP contribution < -0.4 is 4.72 Å². The van der Waals surface area contributed by atoms with E-state index in [1.54, 1.807) is 0 Å². The molecule has 1 saturated carbocycles. The van der Waals surface area contributed by atoms with Crippen molar-refractivity contribution in [3.63, 3.8) is 0 Å². The second-order valence-electron chi connectivity index (χ2n) is 4.80. The Bertz CT molecular complexity index is 475. The van der Waals surface area contributed by atoms with Gasteiger partial charge in [-0.25, -0.2) is 13.1 Å². The van der Waals surface area contributed by atoms with Crippen LogP contribution in [0.3, 0.4) is 0 Å². The van der Waals surface area contributed by atoms with Crippen LogP contribution in [-0.4, -0.2) is 19.8 Å². The molecule has 1 aromatic rings. The molecule has 1 aliphatic rings. The van der Waals surface area contributed by atoms with Crippen molar-refractivity contribution < 1.29 is 8.42 Å². The maximum atomic E-state index is 11.9. The summed E-state index contributed by atoms with van der Waals surface area (Å²) in [5, 5.41) is 0. The number of nitrogens with one attached hydrogen (secondary N) is 1. The average Bonchev–Trinajstić information content (AvgIpc) is 2.73. The quantitative estimate of drug-likeness (QED) is 0.843. The van der Waals surface area contributed by atoms with Crippen molar-refractivity contribution in [2.75, 3.05) is 6.54 Å². The van der Waals surface area contributed by atoms with Crippen LogP contribution in [0.4, 0.5) is 0 Å². The standard InChI is InChI=1S/C13H18BrNO2S/c14-13-8-4-7-12(13)9-15-18(16,17)10-11-5-2-1-3-6-11/h1-3,5-6,12-13,15H,4,7-10H2. The molecular weight excluding hydrogens is 314 g/mol. The summed E-state index contributed by atoms with van der Waals surface area (Å²) in [6.45, 7) is 0.547. The van der Waals surface area contributed by atoms with E-state index in [1.165, 1.54) is 6.42 Å². The molecule has 0 aliphatic heterocycles. The first-order chi connectivity index (χ1) is 8.57. The molecule has 2 unspecified atom stereocenters.